The van der Waals surface area contributed by atoms with Crippen molar-refractivity contribution in [3.8, 4) is 0 Å². The lowest BCUT2D eigenvalue weighted by Gasteiger charge is -1.97. The lowest BCUT2D eigenvalue weighted by atomic mass is 10.2. The van der Waals surface area contributed by atoms with Crippen LogP contribution in [0.4, 0.5) is 0 Å². The van der Waals surface area contributed by atoms with Crippen molar-refractivity contribution in [2.24, 2.45) is 0 Å². The van der Waals surface area contributed by atoms with Crippen LogP contribution >= 0.6 is 11.6 Å². The maximum atomic E-state index is 11.4. The highest BCUT2D eigenvalue weighted by Crippen LogP contribution is 2.26. The van der Waals surface area contributed by atoms with Crippen LogP contribution in [0, 0.1) is 0 Å². The zero-order valence-electron chi connectivity index (χ0n) is 8.03. The molecule has 0 saturated heterocycles. The van der Waals surface area contributed by atoms with E-state index in [1.54, 1.807) is 24.3 Å². The molecule has 1 atom stereocenters. The van der Waals surface area contributed by atoms with Crippen molar-refractivity contribution in [2.45, 2.75) is 13.0 Å². The van der Waals surface area contributed by atoms with Gasteiger partial charge in [0.2, 0.25) is 5.78 Å². The van der Waals surface area contributed by atoms with Gasteiger partial charge in [-0.25, -0.2) is 0 Å². The first-order valence-electron chi connectivity index (χ1n) is 4.50. The van der Waals surface area contributed by atoms with Crippen LogP contribution in [-0.2, 0) is 0 Å². The van der Waals surface area contributed by atoms with Crippen LogP contribution in [0.3, 0.4) is 0 Å². The lowest BCUT2D eigenvalue weighted by Crippen LogP contribution is -2.14. The Morgan fingerprint density at radius 1 is 1.53 bits per heavy atom. The number of aliphatic hydroxyl groups is 1. The first-order chi connectivity index (χ1) is 7.09. The van der Waals surface area contributed by atoms with Crippen LogP contribution in [0.2, 0.25) is 5.02 Å². The predicted octanol–water partition coefficient (Wildman–Crippen LogP) is 2.65. The lowest BCUT2D eigenvalue weighted by molar-refractivity contribution is 0.0752. The van der Waals surface area contributed by atoms with Crippen LogP contribution in [0.15, 0.2) is 28.7 Å². The second kappa shape index (κ2) is 3.68. The summed E-state index contributed by atoms with van der Waals surface area (Å²) >= 11 is 5.89. The van der Waals surface area contributed by atoms with E-state index in [1.165, 1.54) is 6.92 Å². The van der Waals surface area contributed by atoms with Gasteiger partial charge < -0.3 is 9.52 Å². The molecule has 15 heavy (non-hydrogen) atoms. The Labute approximate surface area is 91.3 Å². The molecular formula is C11H9ClO3. The normalized spacial score (nSPS) is 13.0. The van der Waals surface area contributed by atoms with Crippen molar-refractivity contribution in [3.05, 3.63) is 35.0 Å². The first-order valence-corrected chi connectivity index (χ1v) is 4.87. The zero-order valence-corrected chi connectivity index (χ0v) is 8.78. The molecule has 4 heteroatoms. The Hall–Kier alpha value is -1.32. The Bertz CT molecular complexity index is 514. The third-order valence-corrected chi connectivity index (χ3v) is 2.42. The summed E-state index contributed by atoms with van der Waals surface area (Å²) in [5.74, 6) is -0.310. The fourth-order valence-corrected chi connectivity index (χ4v) is 1.58. The molecule has 3 nitrogen and oxygen atoms in total. The zero-order chi connectivity index (χ0) is 11.0. The third-order valence-electron chi connectivity index (χ3n) is 2.12. The largest absolute Gasteiger partial charge is 0.451 e. The minimum atomic E-state index is -1.07. The van der Waals surface area contributed by atoms with Crippen molar-refractivity contribution in [2.75, 3.05) is 0 Å². The molecule has 0 spiro atoms. The van der Waals surface area contributed by atoms with Crippen molar-refractivity contribution < 1.29 is 14.3 Å². The summed E-state index contributed by atoms with van der Waals surface area (Å²) in [5.41, 5.74) is 0.475. The number of rotatable bonds is 2. The summed E-state index contributed by atoms with van der Waals surface area (Å²) in [6, 6.07) is 6.83. The van der Waals surface area contributed by atoms with E-state index in [1.807, 2.05) is 0 Å². The van der Waals surface area contributed by atoms with Gasteiger partial charge in [0.15, 0.2) is 11.3 Å². The van der Waals surface area contributed by atoms with Crippen LogP contribution < -0.4 is 0 Å². The number of benzene rings is 1. The van der Waals surface area contributed by atoms with E-state index in [4.69, 9.17) is 21.1 Å². The SMILES string of the molecule is CC(O)C(=O)c1cc2cccc(Cl)c2o1. The quantitative estimate of drug-likeness (QED) is 0.798. The number of Topliss-reactive ketones (excluding diaryl/α,β-unsaturated/α-hetero) is 1. The van der Waals surface area contributed by atoms with E-state index in [9.17, 15) is 4.79 Å². The number of furan rings is 1. The number of carbonyl (C=O) groups excluding carboxylic acids is 1. The molecule has 2 rings (SSSR count). The van der Waals surface area contributed by atoms with Crippen LogP contribution in [-0.4, -0.2) is 17.0 Å². The molecule has 0 aliphatic heterocycles. The molecule has 1 aromatic carbocycles. The molecule has 2 aromatic rings. The standard InChI is InChI=1S/C11H9ClO3/c1-6(13)10(14)9-5-7-3-2-4-8(12)11(7)15-9/h2-6,13H,1H3. The maximum Gasteiger partial charge on any atom is 0.226 e. The minimum absolute atomic E-state index is 0.133. The fraction of sp³-hybridized carbons (Fsp3) is 0.182. The summed E-state index contributed by atoms with van der Waals surface area (Å²) in [7, 11) is 0. The van der Waals surface area contributed by atoms with E-state index < -0.39 is 11.9 Å². The molecule has 0 fully saturated rings. The number of hydrogen-bond acceptors (Lipinski definition) is 3. The van der Waals surface area contributed by atoms with Crippen molar-refractivity contribution in [1.82, 2.24) is 0 Å². The predicted molar refractivity (Wildman–Crippen MR) is 57.2 cm³/mol. The van der Waals surface area contributed by atoms with Crippen LogP contribution in [0.1, 0.15) is 17.5 Å². The maximum absolute atomic E-state index is 11.4. The van der Waals surface area contributed by atoms with Gasteiger partial charge in [-0.2, -0.15) is 0 Å². The van der Waals surface area contributed by atoms with Crippen molar-refractivity contribution in [1.29, 1.82) is 0 Å². The minimum Gasteiger partial charge on any atom is -0.451 e. The Balaban J connectivity index is 2.57. The van der Waals surface area contributed by atoms with Gasteiger partial charge in [-0.3, -0.25) is 4.79 Å². The van der Waals surface area contributed by atoms with E-state index >= 15 is 0 Å². The van der Waals surface area contributed by atoms with E-state index in [0.29, 0.717) is 10.6 Å². The van der Waals surface area contributed by atoms with Crippen molar-refractivity contribution >= 4 is 28.4 Å². The molecule has 1 heterocycles. The van der Waals surface area contributed by atoms with Gasteiger partial charge in [-0.05, 0) is 19.1 Å². The molecule has 78 valence electrons. The van der Waals surface area contributed by atoms with Crippen molar-refractivity contribution in [3.63, 3.8) is 0 Å². The molecule has 0 radical (unpaired) electrons. The van der Waals surface area contributed by atoms with Gasteiger partial charge in [0, 0.05) is 5.39 Å². The van der Waals surface area contributed by atoms with E-state index in [-0.39, 0.29) is 5.76 Å². The number of hydrogen-bond donors (Lipinski definition) is 1. The summed E-state index contributed by atoms with van der Waals surface area (Å²) in [5, 5.41) is 10.3. The summed E-state index contributed by atoms with van der Waals surface area (Å²) in [4.78, 5) is 11.4. The fourth-order valence-electron chi connectivity index (χ4n) is 1.35. The molecule has 0 saturated carbocycles. The molecule has 1 N–H and O–H groups in total. The first kappa shape index (κ1) is 10.2. The third kappa shape index (κ3) is 1.76. The highest BCUT2D eigenvalue weighted by molar-refractivity contribution is 6.34. The molecule has 1 aromatic heterocycles. The van der Waals surface area contributed by atoms with Gasteiger partial charge in [0.25, 0.3) is 0 Å². The Kier molecular flexibility index (Phi) is 2.50. The highest BCUT2D eigenvalue weighted by Gasteiger charge is 2.17. The molecule has 0 bridgehead atoms. The molecular weight excluding hydrogens is 216 g/mol. The van der Waals surface area contributed by atoms with Crippen LogP contribution in [0.25, 0.3) is 11.0 Å². The average molecular weight is 225 g/mol. The van der Waals surface area contributed by atoms with Crippen LogP contribution in [0.5, 0.6) is 0 Å². The highest BCUT2D eigenvalue weighted by atomic mass is 35.5. The van der Waals surface area contributed by atoms with Gasteiger partial charge in [0.05, 0.1) is 5.02 Å². The molecule has 1 unspecified atom stereocenters. The monoisotopic (exact) mass is 224 g/mol. The average Bonchev–Trinajstić information content (AvgIpc) is 2.61. The molecule has 0 aliphatic carbocycles. The Morgan fingerprint density at radius 3 is 2.87 bits per heavy atom. The number of halogens is 1. The summed E-state index contributed by atoms with van der Waals surface area (Å²) < 4.78 is 5.28. The second-order valence-corrected chi connectivity index (χ2v) is 3.72. The van der Waals surface area contributed by atoms with Gasteiger partial charge >= 0.3 is 0 Å². The summed E-state index contributed by atoms with van der Waals surface area (Å²) in [6.45, 7) is 1.40. The number of ketones is 1. The number of aliphatic hydroxyl groups excluding tert-OH is 1. The number of fused-ring (bicyclic) bond motifs is 1. The van der Waals surface area contributed by atoms with Gasteiger partial charge in [0.1, 0.15) is 6.10 Å². The molecule has 0 amide bonds. The Morgan fingerprint density at radius 2 is 2.27 bits per heavy atom. The summed E-state index contributed by atoms with van der Waals surface area (Å²) in [6.07, 6.45) is -1.07. The number of para-hydroxylation sites is 1. The topological polar surface area (TPSA) is 50.4 Å². The van der Waals surface area contributed by atoms with Gasteiger partial charge in [-0.1, -0.05) is 23.7 Å². The number of carbonyl (C=O) groups is 1. The smallest absolute Gasteiger partial charge is 0.226 e. The molecule has 0 aliphatic rings. The van der Waals surface area contributed by atoms with E-state index in [2.05, 4.69) is 0 Å². The van der Waals surface area contributed by atoms with Gasteiger partial charge in [-0.15, -0.1) is 0 Å². The second-order valence-electron chi connectivity index (χ2n) is 3.31. The van der Waals surface area contributed by atoms with E-state index in [0.717, 1.165) is 5.39 Å².